The van der Waals surface area contributed by atoms with Crippen LogP contribution in [0.25, 0.3) is 44.7 Å². The van der Waals surface area contributed by atoms with Crippen molar-refractivity contribution in [1.82, 2.24) is 40.0 Å². The summed E-state index contributed by atoms with van der Waals surface area (Å²) < 4.78 is 0. The number of aromatic nitrogens is 5. The molecular formula is C36H40N8O3. The van der Waals surface area contributed by atoms with Crippen LogP contribution >= 0.6 is 0 Å². The van der Waals surface area contributed by atoms with Gasteiger partial charge in [-0.05, 0) is 73.0 Å². The topological polar surface area (TPSA) is 143 Å². The molecule has 5 aromatic rings. The Hall–Kier alpha value is -5.03. The van der Waals surface area contributed by atoms with Gasteiger partial charge < -0.3 is 25.3 Å². The van der Waals surface area contributed by atoms with Crippen LogP contribution in [0.1, 0.15) is 63.3 Å². The number of nitrogens with one attached hydrogen (secondary N) is 3. The number of hydrogen-bond donors (Lipinski definition) is 4. The molecule has 47 heavy (non-hydrogen) atoms. The zero-order chi connectivity index (χ0) is 32.7. The molecule has 3 aromatic heterocycles. The Balaban J connectivity index is 1.06. The predicted octanol–water partition coefficient (Wildman–Crippen LogP) is 6.40. The smallest absolute Gasteiger partial charge is 0.407 e. The van der Waals surface area contributed by atoms with Crippen molar-refractivity contribution in [3.8, 4) is 33.8 Å². The van der Waals surface area contributed by atoms with Crippen molar-refractivity contribution in [2.75, 3.05) is 20.1 Å². The lowest BCUT2D eigenvalue weighted by molar-refractivity contribution is -0.138. The highest BCUT2D eigenvalue weighted by atomic mass is 16.4. The number of likely N-dealkylation sites (tertiary alicyclic amines) is 1. The quantitative estimate of drug-likeness (QED) is 0.155. The van der Waals surface area contributed by atoms with E-state index in [0.29, 0.717) is 12.6 Å². The van der Waals surface area contributed by atoms with Crippen molar-refractivity contribution in [2.24, 2.45) is 5.92 Å². The van der Waals surface area contributed by atoms with Crippen LogP contribution in [0.3, 0.4) is 0 Å². The number of pyridine rings is 1. The number of hydrogen-bond acceptors (Lipinski definition) is 6. The van der Waals surface area contributed by atoms with E-state index in [4.69, 9.17) is 4.98 Å². The summed E-state index contributed by atoms with van der Waals surface area (Å²) in [5.74, 6) is 1.37. The van der Waals surface area contributed by atoms with Crippen LogP contribution < -0.4 is 5.32 Å². The maximum absolute atomic E-state index is 13.5. The van der Waals surface area contributed by atoms with Crippen LogP contribution in [0.5, 0.6) is 0 Å². The number of aromatic amines is 2. The van der Waals surface area contributed by atoms with Crippen LogP contribution in [0.15, 0.2) is 67.0 Å². The number of amides is 2. The molecular weight excluding hydrogens is 592 g/mol. The lowest BCUT2D eigenvalue weighted by Gasteiger charge is -2.33. The zero-order valence-electron chi connectivity index (χ0n) is 26.9. The number of carbonyl (C=O) groups is 2. The minimum atomic E-state index is -1.11. The third kappa shape index (κ3) is 5.98. The summed E-state index contributed by atoms with van der Waals surface area (Å²) in [5.41, 5.74) is 6.79. The normalized spacial score (nSPS) is 18.7. The Morgan fingerprint density at radius 1 is 0.894 bits per heavy atom. The predicted molar refractivity (Wildman–Crippen MR) is 180 cm³/mol. The lowest BCUT2D eigenvalue weighted by Crippen LogP contribution is -2.51. The van der Waals surface area contributed by atoms with E-state index < -0.39 is 12.1 Å². The molecule has 11 nitrogen and oxygen atoms in total. The van der Waals surface area contributed by atoms with Crippen LogP contribution in [0, 0.1) is 5.92 Å². The molecule has 0 aliphatic carbocycles. The summed E-state index contributed by atoms with van der Waals surface area (Å²) >= 11 is 0. The molecule has 4 N–H and O–H groups in total. The lowest BCUT2D eigenvalue weighted by atomic mass is 10.0. The number of rotatable bonds is 8. The summed E-state index contributed by atoms with van der Waals surface area (Å²) in [6.07, 6.45) is 6.45. The van der Waals surface area contributed by atoms with Gasteiger partial charge in [0.25, 0.3) is 0 Å². The number of H-pyrrole nitrogens is 2. The molecule has 5 heterocycles. The van der Waals surface area contributed by atoms with Gasteiger partial charge in [0.2, 0.25) is 5.91 Å². The molecule has 0 unspecified atom stereocenters. The van der Waals surface area contributed by atoms with Gasteiger partial charge in [-0.1, -0.05) is 50.2 Å². The maximum atomic E-state index is 13.5. The second-order valence-electron chi connectivity index (χ2n) is 13.0. The standard InChI is InChI=1S/C36H40N8O3/c1-21(2)32(43(3)36(46)47)35(45)44-17-5-7-31(44)34-39-19-29(41-34)23-10-8-22(9-11-23)24-12-14-26-25(18-24)13-15-27(40-26)30-20-38-33(42-30)28-6-4-16-37-28/h8-15,18-21,28,31-32,37H,4-7,16-17H2,1-3H3,(H,38,42)(H,39,41)(H,46,47)/t28-,31-,32-/m0/s1. The Morgan fingerprint density at radius 3 is 2.36 bits per heavy atom. The average molecular weight is 633 g/mol. The minimum Gasteiger partial charge on any atom is -0.465 e. The number of fused-ring (bicyclic) bond motifs is 1. The molecule has 242 valence electrons. The SMILES string of the molecule is CC(C)[C@@H](C(=O)N1CCC[C@H]1c1ncc(-c2ccc(-c3ccc4nc(-c5cnc([C@@H]6CCCN6)[nH]5)ccc4c3)cc2)[nH]1)N(C)C(=O)O. The van der Waals surface area contributed by atoms with E-state index in [2.05, 4.69) is 73.8 Å². The molecule has 0 spiro atoms. The summed E-state index contributed by atoms with van der Waals surface area (Å²) in [5, 5.41) is 14.1. The minimum absolute atomic E-state index is 0.152. The second-order valence-corrected chi connectivity index (χ2v) is 13.0. The highest BCUT2D eigenvalue weighted by Gasteiger charge is 2.39. The second kappa shape index (κ2) is 12.6. The van der Waals surface area contributed by atoms with Gasteiger partial charge in [-0.2, -0.15) is 0 Å². The molecule has 2 aliphatic heterocycles. The van der Waals surface area contributed by atoms with Gasteiger partial charge >= 0.3 is 6.09 Å². The summed E-state index contributed by atoms with van der Waals surface area (Å²) in [6, 6.07) is 18.1. The molecule has 11 heteroatoms. The molecule has 0 radical (unpaired) electrons. The van der Waals surface area contributed by atoms with E-state index >= 15 is 0 Å². The van der Waals surface area contributed by atoms with Crippen LogP contribution in [0.4, 0.5) is 4.79 Å². The van der Waals surface area contributed by atoms with E-state index in [-0.39, 0.29) is 17.9 Å². The largest absolute Gasteiger partial charge is 0.465 e. The highest BCUT2D eigenvalue weighted by molar-refractivity contribution is 5.87. The fraction of sp³-hybridized carbons (Fsp3) is 0.361. The zero-order valence-corrected chi connectivity index (χ0v) is 26.9. The van der Waals surface area contributed by atoms with Gasteiger partial charge in [0, 0.05) is 19.0 Å². The summed E-state index contributed by atoms with van der Waals surface area (Å²) in [4.78, 5) is 49.2. The number of imidazole rings is 2. The van der Waals surface area contributed by atoms with Gasteiger partial charge in [-0.15, -0.1) is 0 Å². The fourth-order valence-corrected chi connectivity index (χ4v) is 7.01. The first kappa shape index (κ1) is 30.6. The third-order valence-electron chi connectivity index (χ3n) is 9.53. The molecule has 0 bridgehead atoms. The van der Waals surface area contributed by atoms with Crippen molar-refractivity contribution in [1.29, 1.82) is 0 Å². The van der Waals surface area contributed by atoms with Crippen molar-refractivity contribution in [2.45, 2.75) is 57.7 Å². The number of carbonyl (C=O) groups excluding carboxylic acids is 1. The van der Waals surface area contributed by atoms with Crippen LogP contribution in [-0.2, 0) is 4.79 Å². The number of carboxylic acid groups (broad SMARTS) is 1. The molecule has 3 atom stereocenters. The Morgan fingerprint density at radius 2 is 1.62 bits per heavy atom. The fourth-order valence-electron chi connectivity index (χ4n) is 7.01. The molecule has 2 aliphatic rings. The number of benzene rings is 2. The van der Waals surface area contributed by atoms with Crippen molar-refractivity contribution in [3.63, 3.8) is 0 Å². The van der Waals surface area contributed by atoms with E-state index in [0.717, 1.165) is 87.0 Å². The van der Waals surface area contributed by atoms with E-state index in [9.17, 15) is 14.7 Å². The van der Waals surface area contributed by atoms with Crippen molar-refractivity contribution < 1.29 is 14.7 Å². The Labute approximate surface area is 273 Å². The molecule has 2 amide bonds. The molecule has 7 rings (SSSR count). The Bertz CT molecular complexity index is 1910. The van der Waals surface area contributed by atoms with Crippen LogP contribution in [-0.4, -0.2) is 78.0 Å². The first-order valence-corrected chi connectivity index (χ1v) is 16.4. The van der Waals surface area contributed by atoms with E-state index in [1.807, 2.05) is 26.1 Å². The van der Waals surface area contributed by atoms with Gasteiger partial charge in [-0.3, -0.25) is 9.69 Å². The van der Waals surface area contributed by atoms with Crippen molar-refractivity contribution >= 4 is 22.9 Å². The third-order valence-corrected chi connectivity index (χ3v) is 9.53. The molecule has 2 saturated heterocycles. The van der Waals surface area contributed by atoms with Gasteiger partial charge in [0.05, 0.1) is 47.1 Å². The average Bonchev–Trinajstić information content (AvgIpc) is 3.91. The molecule has 0 saturated carbocycles. The summed E-state index contributed by atoms with van der Waals surface area (Å²) in [7, 11) is 1.46. The highest BCUT2D eigenvalue weighted by Crippen LogP contribution is 2.34. The number of likely N-dealkylation sites (N-methyl/N-ethyl adjacent to an activating group) is 1. The molecule has 2 aromatic carbocycles. The Kier molecular flexibility index (Phi) is 8.23. The monoisotopic (exact) mass is 632 g/mol. The maximum Gasteiger partial charge on any atom is 0.407 e. The van der Waals surface area contributed by atoms with Crippen LogP contribution in [0.2, 0.25) is 0 Å². The van der Waals surface area contributed by atoms with Crippen molar-refractivity contribution in [3.05, 3.63) is 78.6 Å². The summed E-state index contributed by atoms with van der Waals surface area (Å²) in [6.45, 7) is 5.36. The first-order valence-electron chi connectivity index (χ1n) is 16.4. The van der Waals surface area contributed by atoms with E-state index in [1.165, 1.54) is 13.5 Å². The van der Waals surface area contributed by atoms with Gasteiger partial charge in [0.15, 0.2) is 0 Å². The van der Waals surface area contributed by atoms with Gasteiger partial charge in [-0.25, -0.2) is 19.7 Å². The number of nitrogens with zero attached hydrogens (tertiary/aromatic N) is 5. The van der Waals surface area contributed by atoms with Gasteiger partial charge in [0.1, 0.15) is 17.7 Å². The molecule has 2 fully saturated rings. The first-order chi connectivity index (χ1) is 22.8. The van der Waals surface area contributed by atoms with E-state index in [1.54, 1.807) is 11.1 Å².